The van der Waals surface area contributed by atoms with Crippen LogP contribution in [0.5, 0.6) is 0 Å². The number of rotatable bonds is 7. The molecule has 0 saturated heterocycles. The Morgan fingerprint density at radius 2 is 1.33 bits per heavy atom. The summed E-state index contributed by atoms with van der Waals surface area (Å²) in [5.74, 6) is -3.44. The first kappa shape index (κ1) is 16.4. The average Bonchev–Trinajstić information content (AvgIpc) is 2.40. The standard InChI is InChI=1S/C12H20O6/c1-5-6-8(10(13)16-2)7-9(11(14)17-3)12(15)18-4/h8-9H,5-7H2,1-4H3. The second-order valence-corrected chi connectivity index (χ2v) is 3.84. The van der Waals surface area contributed by atoms with E-state index >= 15 is 0 Å². The summed E-state index contributed by atoms with van der Waals surface area (Å²) < 4.78 is 13.7. The molecule has 18 heavy (non-hydrogen) atoms. The van der Waals surface area contributed by atoms with E-state index in [2.05, 4.69) is 14.2 Å². The highest BCUT2D eigenvalue weighted by atomic mass is 16.5. The predicted octanol–water partition coefficient (Wildman–Crippen LogP) is 0.928. The van der Waals surface area contributed by atoms with Crippen LogP contribution in [-0.2, 0) is 28.6 Å². The Kier molecular flexibility index (Phi) is 7.74. The van der Waals surface area contributed by atoms with Crippen molar-refractivity contribution < 1.29 is 28.6 Å². The Bertz CT molecular complexity index is 283. The van der Waals surface area contributed by atoms with E-state index in [1.165, 1.54) is 21.3 Å². The molecule has 0 amide bonds. The van der Waals surface area contributed by atoms with Crippen LogP contribution in [0.1, 0.15) is 26.2 Å². The van der Waals surface area contributed by atoms with E-state index < -0.39 is 29.7 Å². The van der Waals surface area contributed by atoms with E-state index in [0.29, 0.717) is 6.42 Å². The van der Waals surface area contributed by atoms with Crippen LogP contribution in [0.25, 0.3) is 0 Å². The maximum atomic E-state index is 11.5. The zero-order chi connectivity index (χ0) is 14.1. The molecule has 0 aromatic heterocycles. The van der Waals surface area contributed by atoms with Gasteiger partial charge in [-0.3, -0.25) is 14.4 Å². The summed E-state index contributed by atoms with van der Waals surface area (Å²) in [5.41, 5.74) is 0. The van der Waals surface area contributed by atoms with E-state index in [0.717, 1.165) is 6.42 Å². The normalized spacial score (nSPS) is 11.8. The highest BCUT2D eigenvalue weighted by Gasteiger charge is 2.34. The van der Waals surface area contributed by atoms with Crippen LogP contribution in [0.15, 0.2) is 0 Å². The fourth-order valence-electron chi connectivity index (χ4n) is 1.70. The molecule has 1 unspecified atom stereocenters. The van der Waals surface area contributed by atoms with Gasteiger partial charge in [0.05, 0.1) is 27.2 Å². The lowest BCUT2D eigenvalue weighted by Gasteiger charge is -2.18. The number of ether oxygens (including phenoxy) is 3. The molecule has 0 N–H and O–H groups in total. The van der Waals surface area contributed by atoms with Crippen LogP contribution in [0, 0.1) is 11.8 Å². The molecule has 0 saturated carbocycles. The molecular weight excluding hydrogens is 240 g/mol. The van der Waals surface area contributed by atoms with Gasteiger partial charge in [0, 0.05) is 0 Å². The van der Waals surface area contributed by atoms with Gasteiger partial charge in [-0.05, 0) is 12.8 Å². The molecule has 1 atom stereocenters. The van der Waals surface area contributed by atoms with Gasteiger partial charge in [-0.1, -0.05) is 13.3 Å². The van der Waals surface area contributed by atoms with E-state index in [9.17, 15) is 14.4 Å². The molecule has 0 aliphatic carbocycles. The van der Waals surface area contributed by atoms with Crippen LogP contribution in [0.3, 0.4) is 0 Å². The smallest absolute Gasteiger partial charge is 0.320 e. The third-order valence-corrected chi connectivity index (χ3v) is 2.66. The van der Waals surface area contributed by atoms with E-state index in [4.69, 9.17) is 0 Å². The van der Waals surface area contributed by atoms with Gasteiger partial charge >= 0.3 is 17.9 Å². The monoisotopic (exact) mass is 260 g/mol. The number of methoxy groups -OCH3 is 3. The van der Waals surface area contributed by atoms with Crippen LogP contribution >= 0.6 is 0 Å². The fourth-order valence-corrected chi connectivity index (χ4v) is 1.70. The van der Waals surface area contributed by atoms with Crippen LogP contribution in [0.2, 0.25) is 0 Å². The van der Waals surface area contributed by atoms with Crippen molar-refractivity contribution in [3.8, 4) is 0 Å². The lowest BCUT2D eigenvalue weighted by atomic mass is 9.91. The first-order valence-electron chi connectivity index (χ1n) is 5.75. The molecule has 0 fully saturated rings. The molecule has 0 aromatic rings. The number of esters is 3. The Labute approximate surface area is 107 Å². The summed E-state index contributed by atoms with van der Waals surface area (Å²) in [4.78, 5) is 34.5. The molecule has 0 aliphatic rings. The van der Waals surface area contributed by atoms with Crippen LogP contribution in [-0.4, -0.2) is 39.2 Å². The fraction of sp³-hybridized carbons (Fsp3) is 0.750. The van der Waals surface area contributed by atoms with Crippen molar-refractivity contribution in [1.82, 2.24) is 0 Å². The van der Waals surface area contributed by atoms with Crippen molar-refractivity contribution in [1.29, 1.82) is 0 Å². The highest BCUT2D eigenvalue weighted by molar-refractivity contribution is 5.95. The summed E-state index contributed by atoms with van der Waals surface area (Å²) in [6, 6.07) is 0. The van der Waals surface area contributed by atoms with Gasteiger partial charge in [0.15, 0.2) is 5.92 Å². The molecule has 6 heteroatoms. The van der Waals surface area contributed by atoms with Gasteiger partial charge in [0.1, 0.15) is 0 Å². The van der Waals surface area contributed by atoms with E-state index in [1.807, 2.05) is 6.92 Å². The molecule has 104 valence electrons. The van der Waals surface area contributed by atoms with Crippen LogP contribution in [0.4, 0.5) is 0 Å². The molecule has 0 aliphatic heterocycles. The average molecular weight is 260 g/mol. The van der Waals surface area contributed by atoms with Crippen LogP contribution < -0.4 is 0 Å². The molecule has 0 radical (unpaired) electrons. The van der Waals surface area contributed by atoms with E-state index in [1.54, 1.807) is 0 Å². The maximum Gasteiger partial charge on any atom is 0.320 e. The first-order chi connectivity index (χ1) is 8.51. The quantitative estimate of drug-likeness (QED) is 0.385. The minimum Gasteiger partial charge on any atom is -0.469 e. The number of hydrogen-bond acceptors (Lipinski definition) is 6. The zero-order valence-corrected chi connectivity index (χ0v) is 11.2. The second kappa shape index (κ2) is 8.49. The van der Waals surface area contributed by atoms with Gasteiger partial charge in [0.2, 0.25) is 0 Å². The molecular formula is C12H20O6. The predicted molar refractivity (Wildman–Crippen MR) is 62.6 cm³/mol. The summed E-state index contributed by atoms with van der Waals surface area (Å²) >= 11 is 0. The first-order valence-corrected chi connectivity index (χ1v) is 5.75. The van der Waals surface area contributed by atoms with Gasteiger partial charge in [-0.25, -0.2) is 0 Å². The summed E-state index contributed by atoms with van der Waals surface area (Å²) in [6.07, 6.45) is 1.33. The van der Waals surface area contributed by atoms with Crippen molar-refractivity contribution >= 4 is 17.9 Å². The topological polar surface area (TPSA) is 78.9 Å². The van der Waals surface area contributed by atoms with Crippen molar-refractivity contribution in [3.05, 3.63) is 0 Å². The van der Waals surface area contributed by atoms with E-state index in [-0.39, 0.29) is 6.42 Å². The molecule has 0 bridgehead atoms. The number of carbonyl (C=O) groups is 3. The highest BCUT2D eigenvalue weighted by Crippen LogP contribution is 2.21. The lowest BCUT2D eigenvalue weighted by molar-refractivity contribution is -0.160. The maximum absolute atomic E-state index is 11.5. The minimum absolute atomic E-state index is 0.0415. The molecule has 0 spiro atoms. The zero-order valence-electron chi connectivity index (χ0n) is 11.2. The van der Waals surface area contributed by atoms with Crippen molar-refractivity contribution in [2.24, 2.45) is 11.8 Å². The number of hydrogen-bond donors (Lipinski definition) is 0. The molecule has 0 aromatic carbocycles. The van der Waals surface area contributed by atoms with Crippen molar-refractivity contribution in [2.75, 3.05) is 21.3 Å². The Morgan fingerprint density at radius 1 is 0.889 bits per heavy atom. The Morgan fingerprint density at radius 3 is 1.67 bits per heavy atom. The minimum atomic E-state index is -1.09. The second-order valence-electron chi connectivity index (χ2n) is 3.84. The van der Waals surface area contributed by atoms with Crippen molar-refractivity contribution in [2.45, 2.75) is 26.2 Å². The summed E-state index contributed by atoms with van der Waals surface area (Å²) in [5, 5.41) is 0. The molecule has 0 heterocycles. The number of carbonyl (C=O) groups excluding carboxylic acids is 3. The Balaban J connectivity index is 4.85. The third kappa shape index (κ3) is 4.73. The summed E-state index contributed by atoms with van der Waals surface area (Å²) in [6.45, 7) is 1.90. The third-order valence-electron chi connectivity index (χ3n) is 2.66. The largest absolute Gasteiger partial charge is 0.469 e. The van der Waals surface area contributed by atoms with Gasteiger partial charge in [0.25, 0.3) is 0 Å². The molecule has 6 nitrogen and oxygen atoms in total. The Hall–Kier alpha value is -1.59. The van der Waals surface area contributed by atoms with Crippen molar-refractivity contribution in [3.63, 3.8) is 0 Å². The van der Waals surface area contributed by atoms with Gasteiger partial charge in [-0.15, -0.1) is 0 Å². The van der Waals surface area contributed by atoms with Gasteiger partial charge in [-0.2, -0.15) is 0 Å². The van der Waals surface area contributed by atoms with Gasteiger partial charge < -0.3 is 14.2 Å². The SMILES string of the molecule is CCCC(CC(C(=O)OC)C(=O)OC)C(=O)OC. The lowest BCUT2D eigenvalue weighted by Crippen LogP contribution is -2.31. The summed E-state index contributed by atoms with van der Waals surface area (Å²) in [7, 11) is 3.65. The molecule has 0 rings (SSSR count).